The van der Waals surface area contributed by atoms with E-state index in [9.17, 15) is 8.78 Å². The maximum Gasteiger partial charge on any atom is 0.253 e. The van der Waals surface area contributed by atoms with Gasteiger partial charge in [0.25, 0.3) is 6.43 Å². The summed E-state index contributed by atoms with van der Waals surface area (Å²) in [6.45, 7) is 3.64. The second-order valence-electron chi connectivity index (χ2n) is 7.05. The molecule has 0 amide bonds. The first kappa shape index (κ1) is 17.2. The van der Waals surface area contributed by atoms with Crippen LogP contribution in [0, 0.1) is 12.8 Å². The molecule has 0 spiro atoms. The van der Waals surface area contributed by atoms with Crippen LogP contribution in [-0.4, -0.2) is 28.5 Å². The van der Waals surface area contributed by atoms with Crippen molar-refractivity contribution in [2.45, 2.75) is 64.5 Å². The smallest absolute Gasteiger partial charge is 0.253 e. The third kappa shape index (κ3) is 4.07. The summed E-state index contributed by atoms with van der Waals surface area (Å²) in [6, 6.07) is 5.76. The maximum absolute atomic E-state index is 12.7. The van der Waals surface area contributed by atoms with Crippen LogP contribution in [0.4, 0.5) is 8.78 Å². The van der Waals surface area contributed by atoms with E-state index >= 15 is 0 Å². The van der Waals surface area contributed by atoms with Crippen LogP contribution in [0.2, 0.25) is 0 Å². The van der Waals surface area contributed by atoms with Gasteiger partial charge < -0.3 is 5.32 Å². The van der Waals surface area contributed by atoms with Gasteiger partial charge in [0.2, 0.25) is 0 Å². The minimum atomic E-state index is -2.29. The number of aromatic nitrogens is 2. The second kappa shape index (κ2) is 7.51. The normalized spacial score (nSPS) is 22.9. The van der Waals surface area contributed by atoms with Gasteiger partial charge in [-0.3, -0.25) is 0 Å². The lowest BCUT2D eigenvalue weighted by Gasteiger charge is -2.31. The van der Waals surface area contributed by atoms with E-state index in [1.165, 1.54) is 5.56 Å². The molecule has 2 aromatic rings. The summed E-state index contributed by atoms with van der Waals surface area (Å²) in [7, 11) is 0. The predicted molar refractivity (Wildman–Crippen MR) is 92.3 cm³/mol. The van der Waals surface area contributed by atoms with Gasteiger partial charge in [0.05, 0.1) is 17.3 Å². The molecule has 130 valence electrons. The molecule has 1 fully saturated rings. The van der Waals surface area contributed by atoms with E-state index in [0.29, 0.717) is 5.92 Å². The zero-order valence-corrected chi connectivity index (χ0v) is 14.3. The van der Waals surface area contributed by atoms with Gasteiger partial charge in [0.1, 0.15) is 6.33 Å². The van der Waals surface area contributed by atoms with Gasteiger partial charge in [-0.25, -0.2) is 18.7 Å². The van der Waals surface area contributed by atoms with E-state index in [2.05, 4.69) is 34.3 Å². The van der Waals surface area contributed by atoms with E-state index in [1.54, 1.807) is 13.3 Å². The second-order valence-corrected chi connectivity index (χ2v) is 7.05. The van der Waals surface area contributed by atoms with Gasteiger partial charge >= 0.3 is 0 Å². The molecule has 0 saturated heterocycles. The van der Waals surface area contributed by atoms with E-state index in [1.807, 2.05) is 6.07 Å². The van der Waals surface area contributed by atoms with Gasteiger partial charge in [-0.1, -0.05) is 11.6 Å². The van der Waals surface area contributed by atoms with Crippen molar-refractivity contribution in [2.75, 3.05) is 0 Å². The average molecular weight is 333 g/mol. The Bertz CT molecular complexity index is 681. The van der Waals surface area contributed by atoms with E-state index in [-0.39, 0.29) is 6.04 Å². The largest absolute Gasteiger partial charge is 0.306 e. The molecule has 1 unspecified atom stereocenters. The minimum absolute atomic E-state index is 0.217. The maximum atomic E-state index is 12.7. The van der Waals surface area contributed by atoms with Gasteiger partial charge in [-0.2, -0.15) is 0 Å². The van der Waals surface area contributed by atoms with Crippen LogP contribution in [-0.2, 0) is 6.42 Å². The molecule has 0 aliphatic heterocycles. The molecule has 1 aromatic carbocycles. The van der Waals surface area contributed by atoms with Crippen LogP contribution in [0.25, 0.3) is 10.9 Å². The van der Waals surface area contributed by atoms with Crippen molar-refractivity contribution in [2.24, 2.45) is 5.92 Å². The number of hydrogen-bond acceptors (Lipinski definition) is 3. The first-order chi connectivity index (χ1) is 11.5. The Hall–Kier alpha value is -1.62. The van der Waals surface area contributed by atoms with Gasteiger partial charge in [-0.05, 0) is 64.0 Å². The minimum Gasteiger partial charge on any atom is -0.306 e. The van der Waals surface area contributed by atoms with Crippen molar-refractivity contribution in [1.29, 1.82) is 0 Å². The predicted octanol–water partition coefficient (Wildman–Crippen LogP) is 4.28. The fraction of sp³-hybridized carbons (Fsp3) is 0.579. The molecule has 1 atom stereocenters. The highest BCUT2D eigenvalue weighted by Gasteiger charge is 2.25. The van der Waals surface area contributed by atoms with E-state index in [0.717, 1.165) is 48.7 Å². The molecule has 1 heterocycles. The average Bonchev–Trinajstić information content (AvgIpc) is 2.57. The van der Waals surface area contributed by atoms with Crippen molar-refractivity contribution in [3.63, 3.8) is 0 Å². The Balaban J connectivity index is 1.61. The summed E-state index contributed by atoms with van der Waals surface area (Å²) in [5.74, 6) is 0.573. The van der Waals surface area contributed by atoms with E-state index in [4.69, 9.17) is 0 Å². The number of benzene rings is 1. The Morgan fingerprint density at radius 3 is 2.62 bits per heavy atom. The molecule has 0 bridgehead atoms. The molecule has 0 radical (unpaired) electrons. The lowest BCUT2D eigenvalue weighted by molar-refractivity contribution is 0.0942. The highest BCUT2D eigenvalue weighted by Crippen LogP contribution is 2.29. The molecule has 1 aromatic heterocycles. The molecular weight excluding hydrogens is 308 g/mol. The monoisotopic (exact) mass is 333 g/mol. The first-order valence-corrected chi connectivity index (χ1v) is 8.77. The van der Waals surface area contributed by atoms with Crippen LogP contribution in [0.15, 0.2) is 24.5 Å². The number of fused-ring (bicyclic) bond motifs is 1. The van der Waals surface area contributed by atoms with E-state index < -0.39 is 12.5 Å². The summed E-state index contributed by atoms with van der Waals surface area (Å²) in [6.07, 6.45) is 4.34. The summed E-state index contributed by atoms with van der Waals surface area (Å²) < 4.78 is 25.3. The third-order valence-electron chi connectivity index (χ3n) is 5.08. The lowest BCUT2D eigenvalue weighted by atomic mass is 9.82. The molecule has 5 heteroatoms. The summed E-state index contributed by atoms with van der Waals surface area (Å²) in [5, 5.41) is 4.21. The SMILES string of the molecule is Cc1ccc2ncnc(CC3CCC(NC(C)C(F)F)CC3)c2c1. The number of alkyl halides is 2. The fourth-order valence-electron chi connectivity index (χ4n) is 3.64. The van der Waals surface area contributed by atoms with Gasteiger partial charge in [0.15, 0.2) is 0 Å². The molecule has 3 nitrogen and oxygen atoms in total. The zero-order chi connectivity index (χ0) is 17.1. The molecule has 3 rings (SSSR count). The molecule has 24 heavy (non-hydrogen) atoms. The third-order valence-corrected chi connectivity index (χ3v) is 5.08. The number of nitrogens with zero attached hydrogens (tertiary/aromatic N) is 2. The number of rotatable bonds is 5. The number of aryl methyl sites for hydroxylation is 1. The Kier molecular flexibility index (Phi) is 5.39. The fourth-order valence-corrected chi connectivity index (χ4v) is 3.64. The zero-order valence-electron chi connectivity index (χ0n) is 14.3. The summed E-state index contributed by atoms with van der Waals surface area (Å²) >= 11 is 0. The van der Waals surface area contributed by atoms with Crippen molar-refractivity contribution in [3.8, 4) is 0 Å². The lowest BCUT2D eigenvalue weighted by Crippen LogP contribution is -2.42. The molecule has 1 aliphatic rings. The topological polar surface area (TPSA) is 37.8 Å². The quantitative estimate of drug-likeness (QED) is 0.887. The van der Waals surface area contributed by atoms with Crippen molar-refractivity contribution >= 4 is 10.9 Å². The van der Waals surface area contributed by atoms with Gasteiger partial charge in [0, 0.05) is 11.4 Å². The standard InChI is InChI=1S/C19H25F2N3/c1-12-3-8-17-16(9-12)18(23-11-22-17)10-14-4-6-15(7-5-14)24-13(2)19(20)21/h3,8-9,11,13-15,19,24H,4-7,10H2,1-2H3. The van der Waals surface area contributed by atoms with Crippen LogP contribution >= 0.6 is 0 Å². The van der Waals surface area contributed by atoms with Crippen molar-refractivity contribution in [1.82, 2.24) is 15.3 Å². The first-order valence-electron chi connectivity index (χ1n) is 8.77. The summed E-state index contributed by atoms with van der Waals surface area (Å²) in [4.78, 5) is 8.85. The van der Waals surface area contributed by atoms with Crippen LogP contribution < -0.4 is 5.32 Å². The number of hydrogen-bond donors (Lipinski definition) is 1. The number of nitrogens with one attached hydrogen (secondary N) is 1. The number of halogens is 2. The van der Waals surface area contributed by atoms with Crippen LogP contribution in [0.5, 0.6) is 0 Å². The Morgan fingerprint density at radius 2 is 1.92 bits per heavy atom. The molecule has 1 aliphatic carbocycles. The van der Waals surface area contributed by atoms with Crippen molar-refractivity contribution in [3.05, 3.63) is 35.8 Å². The molecule has 1 N–H and O–H groups in total. The van der Waals surface area contributed by atoms with Gasteiger partial charge in [-0.15, -0.1) is 0 Å². The highest BCUT2D eigenvalue weighted by atomic mass is 19.3. The molecular formula is C19H25F2N3. The van der Waals surface area contributed by atoms with Crippen LogP contribution in [0.3, 0.4) is 0 Å². The Labute approximate surface area is 141 Å². The molecule has 1 saturated carbocycles. The Morgan fingerprint density at radius 1 is 1.17 bits per heavy atom. The van der Waals surface area contributed by atoms with Crippen LogP contribution in [0.1, 0.15) is 43.9 Å². The summed E-state index contributed by atoms with van der Waals surface area (Å²) in [5.41, 5.74) is 3.32. The highest BCUT2D eigenvalue weighted by molar-refractivity contribution is 5.81. The van der Waals surface area contributed by atoms with Crippen molar-refractivity contribution < 1.29 is 8.78 Å².